The molecule has 0 amide bonds. The second kappa shape index (κ2) is 6.30. The van der Waals surface area contributed by atoms with E-state index in [0.717, 1.165) is 31.2 Å². The Morgan fingerprint density at radius 1 is 1.33 bits per heavy atom. The summed E-state index contributed by atoms with van der Waals surface area (Å²) in [7, 11) is 1.58. The van der Waals surface area contributed by atoms with E-state index in [-0.39, 0.29) is 11.2 Å². The summed E-state index contributed by atoms with van der Waals surface area (Å²) < 4.78 is 5.35. The van der Waals surface area contributed by atoms with Gasteiger partial charge < -0.3 is 4.74 Å². The first-order valence-electron chi connectivity index (χ1n) is 7.60. The smallest absolute Gasteiger partial charge is 0.160 e. The molecule has 3 heteroatoms. The van der Waals surface area contributed by atoms with Gasteiger partial charge in [-0.25, -0.2) is 0 Å². The zero-order chi connectivity index (χ0) is 15.5. The van der Waals surface area contributed by atoms with Crippen molar-refractivity contribution in [3.63, 3.8) is 0 Å². The van der Waals surface area contributed by atoms with Crippen LogP contribution < -0.4 is 4.74 Å². The maximum absolute atomic E-state index is 13.0. The van der Waals surface area contributed by atoms with Crippen LogP contribution in [-0.2, 0) is 4.79 Å². The van der Waals surface area contributed by atoms with E-state index in [1.165, 1.54) is 6.42 Å². The second-order valence-corrected chi connectivity index (χ2v) is 6.29. The molecule has 1 aliphatic rings. The number of hydrogen-bond acceptors (Lipinski definition) is 3. The molecule has 2 rings (SSSR count). The van der Waals surface area contributed by atoms with E-state index in [4.69, 9.17) is 4.74 Å². The molecule has 0 spiro atoms. The van der Waals surface area contributed by atoms with E-state index >= 15 is 0 Å². The number of ether oxygens (including phenoxy) is 1. The zero-order valence-corrected chi connectivity index (χ0v) is 13.1. The lowest BCUT2D eigenvalue weighted by molar-refractivity contribution is -0.129. The topological polar surface area (TPSA) is 50.1 Å². The summed E-state index contributed by atoms with van der Waals surface area (Å²) >= 11 is 0. The van der Waals surface area contributed by atoms with Crippen LogP contribution in [0, 0.1) is 23.7 Å². The van der Waals surface area contributed by atoms with Gasteiger partial charge in [-0.15, -0.1) is 0 Å². The van der Waals surface area contributed by atoms with Gasteiger partial charge in [0.15, 0.2) is 5.78 Å². The van der Waals surface area contributed by atoms with Crippen LogP contribution in [0.3, 0.4) is 0 Å². The Hall–Kier alpha value is -1.82. The molecule has 0 aliphatic heterocycles. The van der Waals surface area contributed by atoms with Crippen molar-refractivity contribution in [2.75, 3.05) is 7.11 Å². The van der Waals surface area contributed by atoms with Gasteiger partial charge in [-0.3, -0.25) is 4.79 Å². The molecule has 1 aliphatic carbocycles. The first-order chi connectivity index (χ1) is 10.0. The third-order valence-corrected chi connectivity index (χ3v) is 4.64. The van der Waals surface area contributed by atoms with Crippen LogP contribution in [-0.4, -0.2) is 12.9 Å². The quantitative estimate of drug-likeness (QED) is 0.835. The van der Waals surface area contributed by atoms with Gasteiger partial charge in [0.1, 0.15) is 11.7 Å². The molecule has 1 aromatic carbocycles. The Kier molecular flexibility index (Phi) is 4.67. The molecule has 0 saturated heterocycles. The molecular weight excluding hydrogens is 262 g/mol. The standard InChI is InChI=1S/C18H23NO2/c1-13-7-8-16(21-3)14(11-13)15(12-19)17(20)18(2)9-5-4-6-10-18/h7-8,11,15H,4-6,9-10H2,1-3H3. The molecule has 0 N–H and O–H groups in total. The van der Waals surface area contributed by atoms with Crippen molar-refractivity contribution in [1.82, 2.24) is 0 Å². The Morgan fingerprint density at radius 2 is 2.00 bits per heavy atom. The summed E-state index contributed by atoms with van der Waals surface area (Å²) in [5.41, 5.74) is 1.37. The fourth-order valence-electron chi connectivity index (χ4n) is 3.28. The lowest BCUT2D eigenvalue weighted by Crippen LogP contribution is -2.34. The van der Waals surface area contributed by atoms with Gasteiger partial charge in [0.05, 0.1) is 13.2 Å². The number of Topliss-reactive ketones (excluding diaryl/α,β-unsaturated/α-hetero) is 1. The summed E-state index contributed by atoms with van der Waals surface area (Å²) in [6.07, 6.45) is 5.11. The van der Waals surface area contributed by atoms with E-state index in [2.05, 4.69) is 6.07 Å². The van der Waals surface area contributed by atoms with E-state index in [0.29, 0.717) is 11.3 Å². The lowest BCUT2D eigenvalue weighted by Gasteiger charge is -2.33. The number of aryl methyl sites for hydroxylation is 1. The van der Waals surface area contributed by atoms with Crippen molar-refractivity contribution < 1.29 is 9.53 Å². The number of carbonyl (C=O) groups excluding carboxylic acids is 1. The normalized spacial score (nSPS) is 18.6. The highest BCUT2D eigenvalue weighted by Gasteiger charge is 2.40. The molecular formula is C18H23NO2. The fraction of sp³-hybridized carbons (Fsp3) is 0.556. The number of nitrogens with zero attached hydrogens (tertiary/aromatic N) is 1. The van der Waals surface area contributed by atoms with Crippen LogP contribution in [0.5, 0.6) is 5.75 Å². The summed E-state index contributed by atoms with van der Waals surface area (Å²) in [5, 5.41) is 9.58. The predicted octanol–water partition coefficient (Wildman–Crippen LogP) is 4.15. The molecule has 0 bridgehead atoms. The van der Waals surface area contributed by atoms with Gasteiger partial charge >= 0.3 is 0 Å². The summed E-state index contributed by atoms with van der Waals surface area (Å²) in [5.74, 6) is -0.0588. The van der Waals surface area contributed by atoms with Crippen LogP contribution in [0.4, 0.5) is 0 Å². The van der Waals surface area contributed by atoms with Crippen molar-refractivity contribution in [3.05, 3.63) is 29.3 Å². The van der Waals surface area contributed by atoms with Crippen molar-refractivity contribution >= 4 is 5.78 Å². The van der Waals surface area contributed by atoms with Crippen molar-refractivity contribution in [1.29, 1.82) is 5.26 Å². The Bertz CT molecular complexity index is 565. The van der Waals surface area contributed by atoms with Gasteiger partial charge in [-0.2, -0.15) is 5.26 Å². The minimum atomic E-state index is -0.733. The van der Waals surface area contributed by atoms with Crippen LogP contribution in [0.2, 0.25) is 0 Å². The average Bonchev–Trinajstić information content (AvgIpc) is 2.49. The SMILES string of the molecule is COc1ccc(C)cc1C(C#N)C(=O)C1(C)CCCCC1. The third-order valence-electron chi connectivity index (χ3n) is 4.64. The maximum Gasteiger partial charge on any atom is 0.160 e. The monoisotopic (exact) mass is 285 g/mol. The highest BCUT2D eigenvalue weighted by Crippen LogP contribution is 2.42. The van der Waals surface area contributed by atoms with Crippen LogP contribution in [0.1, 0.15) is 56.1 Å². The van der Waals surface area contributed by atoms with Crippen molar-refractivity contribution in [2.24, 2.45) is 5.41 Å². The van der Waals surface area contributed by atoms with E-state index in [1.54, 1.807) is 7.11 Å². The average molecular weight is 285 g/mol. The van der Waals surface area contributed by atoms with Gasteiger partial charge in [0.25, 0.3) is 0 Å². The van der Waals surface area contributed by atoms with Gasteiger partial charge in [-0.1, -0.05) is 43.9 Å². The fourth-order valence-corrected chi connectivity index (χ4v) is 3.28. The molecule has 0 aromatic heterocycles. The molecule has 0 radical (unpaired) electrons. The lowest BCUT2D eigenvalue weighted by atomic mass is 9.68. The molecule has 112 valence electrons. The number of carbonyl (C=O) groups is 1. The Balaban J connectivity index is 2.38. The summed E-state index contributed by atoms with van der Waals surface area (Å²) in [6, 6.07) is 7.89. The number of methoxy groups -OCH3 is 1. The molecule has 1 fully saturated rings. The maximum atomic E-state index is 13.0. The second-order valence-electron chi connectivity index (χ2n) is 6.29. The zero-order valence-electron chi connectivity index (χ0n) is 13.1. The van der Waals surface area contributed by atoms with Gasteiger partial charge in [0.2, 0.25) is 0 Å². The van der Waals surface area contributed by atoms with Crippen molar-refractivity contribution in [3.8, 4) is 11.8 Å². The third kappa shape index (κ3) is 3.10. The largest absolute Gasteiger partial charge is 0.496 e. The summed E-state index contributed by atoms with van der Waals surface area (Å²) in [4.78, 5) is 13.0. The number of rotatable bonds is 4. The molecule has 1 unspecified atom stereocenters. The number of nitriles is 1. The molecule has 3 nitrogen and oxygen atoms in total. The molecule has 1 atom stereocenters. The molecule has 0 heterocycles. The first-order valence-corrected chi connectivity index (χ1v) is 7.60. The first kappa shape index (κ1) is 15.6. The molecule has 1 aromatic rings. The number of hydrogen-bond donors (Lipinski definition) is 0. The predicted molar refractivity (Wildman–Crippen MR) is 82.3 cm³/mol. The number of ketones is 1. The molecule has 1 saturated carbocycles. The molecule has 21 heavy (non-hydrogen) atoms. The van der Waals surface area contributed by atoms with Crippen LogP contribution >= 0.6 is 0 Å². The van der Waals surface area contributed by atoms with Crippen LogP contribution in [0.25, 0.3) is 0 Å². The number of benzene rings is 1. The Labute approximate surface area is 126 Å². The Morgan fingerprint density at radius 3 is 2.57 bits per heavy atom. The van der Waals surface area contributed by atoms with E-state index in [9.17, 15) is 10.1 Å². The summed E-state index contributed by atoms with van der Waals surface area (Å²) in [6.45, 7) is 3.98. The van der Waals surface area contributed by atoms with Crippen molar-refractivity contribution in [2.45, 2.75) is 51.9 Å². The van der Waals surface area contributed by atoms with Gasteiger partial charge in [0, 0.05) is 11.0 Å². The van der Waals surface area contributed by atoms with E-state index in [1.807, 2.05) is 32.0 Å². The minimum Gasteiger partial charge on any atom is -0.496 e. The van der Waals surface area contributed by atoms with Gasteiger partial charge in [-0.05, 0) is 25.8 Å². The van der Waals surface area contributed by atoms with E-state index < -0.39 is 5.92 Å². The highest BCUT2D eigenvalue weighted by molar-refractivity contribution is 5.93. The minimum absolute atomic E-state index is 0.0496. The van der Waals surface area contributed by atoms with Crippen LogP contribution in [0.15, 0.2) is 18.2 Å². The highest BCUT2D eigenvalue weighted by atomic mass is 16.5.